The number of benzene rings is 1. The Bertz CT molecular complexity index is 665. The number of nitrogens with one attached hydrogen (secondary N) is 1. The van der Waals surface area contributed by atoms with Gasteiger partial charge >= 0.3 is 5.97 Å². The van der Waals surface area contributed by atoms with Gasteiger partial charge in [-0.25, -0.2) is 4.79 Å². The Morgan fingerprint density at radius 2 is 2.05 bits per heavy atom. The summed E-state index contributed by atoms with van der Waals surface area (Å²) in [5.74, 6) is 0.326. The van der Waals surface area contributed by atoms with Crippen molar-refractivity contribution in [2.45, 2.75) is 6.42 Å². The lowest BCUT2D eigenvalue weighted by Crippen LogP contribution is -1.97. The lowest BCUT2D eigenvalue weighted by atomic mass is 10.0. The number of hydrogen-bond acceptors (Lipinski definition) is 3. The number of aromatic amines is 1. The minimum atomic E-state index is -0.968. The van der Waals surface area contributed by atoms with Crippen LogP contribution in [0, 0.1) is 0 Å². The van der Waals surface area contributed by atoms with Crippen LogP contribution < -0.4 is 9.47 Å². The molecule has 3 rings (SSSR count). The number of aromatic carboxylic acids is 1. The molecule has 0 bridgehead atoms. The maximum Gasteiger partial charge on any atom is 0.337 e. The number of hydrogen-bond donors (Lipinski definition) is 2. The van der Waals surface area contributed by atoms with Crippen molar-refractivity contribution in [1.29, 1.82) is 0 Å². The number of H-pyrrole nitrogens is 1. The van der Waals surface area contributed by atoms with Crippen molar-refractivity contribution in [3.8, 4) is 22.6 Å². The van der Waals surface area contributed by atoms with Crippen LogP contribution in [0.5, 0.6) is 11.5 Å². The minimum absolute atomic E-state index is 0.228. The molecule has 1 aliphatic heterocycles. The summed E-state index contributed by atoms with van der Waals surface area (Å²) >= 11 is 3.45. The van der Waals surface area contributed by atoms with Gasteiger partial charge in [-0.3, -0.25) is 0 Å². The van der Waals surface area contributed by atoms with Crippen LogP contribution in [-0.4, -0.2) is 29.3 Å². The highest BCUT2D eigenvalue weighted by molar-refractivity contribution is 9.10. The Kier molecular flexibility index (Phi) is 3.40. The molecular weight excluding hydrogens is 326 g/mol. The van der Waals surface area contributed by atoms with Crippen molar-refractivity contribution in [2.75, 3.05) is 13.2 Å². The first-order chi connectivity index (χ1) is 9.66. The Hall–Kier alpha value is -1.95. The normalized spacial score (nSPS) is 13.8. The first-order valence-corrected chi connectivity index (χ1v) is 6.95. The molecule has 104 valence electrons. The van der Waals surface area contributed by atoms with Gasteiger partial charge in [0.05, 0.1) is 23.2 Å². The average Bonchev–Trinajstić information content (AvgIpc) is 2.78. The molecule has 2 heterocycles. The summed E-state index contributed by atoms with van der Waals surface area (Å²) in [6.07, 6.45) is 3.95. The molecule has 0 saturated carbocycles. The second kappa shape index (κ2) is 5.20. The van der Waals surface area contributed by atoms with E-state index in [1.54, 1.807) is 12.3 Å². The van der Waals surface area contributed by atoms with Gasteiger partial charge in [-0.15, -0.1) is 0 Å². The van der Waals surface area contributed by atoms with Gasteiger partial charge in [-0.1, -0.05) is 0 Å². The van der Waals surface area contributed by atoms with Crippen molar-refractivity contribution < 1.29 is 19.4 Å². The zero-order valence-corrected chi connectivity index (χ0v) is 12.1. The van der Waals surface area contributed by atoms with Gasteiger partial charge in [0, 0.05) is 24.4 Å². The summed E-state index contributed by atoms with van der Waals surface area (Å²) in [4.78, 5) is 14.0. The number of aromatic nitrogens is 1. The summed E-state index contributed by atoms with van der Waals surface area (Å²) in [7, 11) is 0. The van der Waals surface area contributed by atoms with Crippen molar-refractivity contribution in [3.05, 3.63) is 34.6 Å². The molecule has 1 aromatic heterocycles. The van der Waals surface area contributed by atoms with E-state index in [-0.39, 0.29) is 5.56 Å². The van der Waals surface area contributed by atoms with Gasteiger partial charge in [0.1, 0.15) is 0 Å². The Balaban J connectivity index is 2.11. The fourth-order valence-corrected chi connectivity index (χ4v) is 2.72. The topological polar surface area (TPSA) is 71.5 Å². The highest BCUT2D eigenvalue weighted by atomic mass is 79.9. The third kappa shape index (κ3) is 2.27. The molecule has 0 aliphatic carbocycles. The monoisotopic (exact) mass is 337 g/mol. The molecule has 6 heteroatoms. The highest BCUT2D eigenvalue weighted by Gasteiger charge is 2.19. The fourth-order valence-electron chi connectivity index (χ4n) is 2.17. The predicted molar refractivity (Wildman–Crippen MR) is 76.5 cm³/mol. The number of carboxylic acids is 1. The van der Waals surface area contributed by atoms with Gasteiger partial charge in [0.2, 0.25) is 0 Å². The van der Waals surface area contributed by atoms with E-state index in [1.165, 1.54) is 6.20 Å². The second-order valence-electron chi connectivity index (χ2n) is 4.42. The quantitative estimate of drug-likeness (QED) is 0.881. The standard InChI is InChI=1S/C14H12BrNO4/c15-11-4-8(9-6-16-7-10(9)14(17)18)5-12-13(11)20-3-1-2-19-12/h4-7,16H,1-3H2,(H,17,18). The van der Waals surface area contributed by atoms with E-state index in [0.29, 0.717) is 30.3 Å². The van der Waals surface area contributed by atoms with Crippen LogP contribution in [0.3, 0.4) is 0 Å². The molecule has 0 amide bonds. The van der Waals surface area contributed by atoms with E-state index >= 15 is 0 Å². The number of rotatable bonds is 2. The van der Waals surface area contributed by atoms with Crippen molar-refractivity contribution in [3.63, 3.8) is 0 Å². The number of carbonyl (C=O) groups is 1. The van der Waals surface area contributed by atoms with Crippen molar-refractivity contribution >= 4 is 21.9 Å². The summed E-state index contributed by atoms with van der Waals surface area (Å²) in [6.45, 7) is 1.19. The molecule has 1 aromatic carbocycles. The Morgan fingerprint density at radius 3 is 2.85 bits per heavy atom. The van der Waals surface area contributed by atoms with Gasteiger partial charge in [-0.2, -0.15) is 0 Å². The molecule has 0 atom stereocenters. The van der Waals surface area contributed by atoms with E-state index in [4.69, 9.17) is 9.47 Å². The Morgan fingerprint density at radius 1 is 1.25 bits per heavy atom. The van der Waals surface area contributed by atoms with Crippen LogP contribution in [-0.2, 0) is 0 Å². The number of fused-ring (bicyclic) bond motifs is 1. The number of ether oxygens (including phenoxy) is 2. The first-order valence-electron chi connectivity index (χ1n) is 6.16. The van der Waals surface area contributed by atoms with Gasteiger partial charge in [0.15, 0.2) is 11.5 Å². The molecule has 0 unspecified atom stereocenters. The average molecular weight is 338 g/mol. The summed E-state index contributed by atoms with van der Waals surface area (Å²) in [5, 5.41) is 9.18. The lowest BCUT2D eigenvalue weighted by Gasteiger charge is -2.11. The van der Waals surface area contributed by atoms with Crippen LogP contribution in [0.1, 0.15) is 16.8 Å². The highest BCUT2D eigenvalue weighted by Crippen LogP contribution is 2.41. The van der Waals surface area contributed by atoms with Gasteiger partial charge in [0.25, 0.3) is 0 Å². The molecule has 2 aromatic rings. The predicted octanol–water partition coefficient (Wildman–Crippen LogP) is 3.30. The second-order valence-corrected chi connectivity index (χ2v) is 5.28. The Labute approximate surface area is 123 Å². The molecule has 0 saturated heterocycles. The lowest BCUT2D eigenvalue weighted by molar-refractivity contribution is 0.0698. The molecule has 2 N–H and O–H groups in total. The summed E-state index contributed by atoms with van der Waals surface area (Å²) < 4.78 is 12.0. The summed E-state index contributed by atoms with van der Waals surface area (Å²) in [5.41, 5.74) is 1.61. The molecule has 20 heavy (non-hydrogen) atoms. The van der Waals surface area contributed by atoms with Gasteiger partial charge in [-0.05, 0) is 33.6 Å². The van der Waals surface area contributed by atoms with E-state index in [2.05, 4.69) is 20.9 Å². The van der Waals surface area contributed by atoms with Gasteiger partial charge < -0.3 is 19.6 Å². The number of carboxylic acid groups (broad SMARTS) is 1. The van der Waals surface area contributed by atoms with Crippen LogP contribution in [0.15, 0.2) is 29.0 Å². The zero-order valence-electron chi connectivity index (χ0n) is 10.5. The molecule has 1 aliphatic rings. The first kappa shape index (κ1) is 13.1. The van der Waals surface area contributed by atoms with Crippen molar-refractivity contribution in [1.82, 2.24) is 4.98 Å². The maximum absolute atomic E-state index is 11.2. The smallest absolute Gasteiger partial charge is 0.337 e. The van der Waals surface area contributed by atoms with E-state index in [9.17, 15) is 9.90 Å². The van der Waals surface area contributed by atoms with Crippen molar-refractivity contribution in [2.24, 2.45) is 0 Å². The van der Waals surface area contributed by atoms with E-state index in [1.807, 2.05) is 6.07 Å². The van der Waals surface area contributed by atoms with Crippen LogP contribution in [0.2, 0.25) is 0 Å². The largest absolute Gasteiger partial charge is 0.489 e. The number of halogens is 1. The van der Waals surface area contributed by atoms with Crippen LogP contribution in [0.25, 0.3) is 11.1 Å². The molecule has 5 nitrogen and oxygen atoms in total. The molecular formula is C14H12BrNO4. The fraction of sp³-hybridized carbons (Fsp3) is 0.214. The molecule has 0 radical (unpaired) electrons. The summed E-state index contributed by atoms with van der Waals surface area (Å²) in [6, 6.07) is 3.64. The zero-order chi connectivity index (χ0) is 14.1. The third-order valence-electron chi connectivity index (χ3n) is 3.09. The maximum atomic E-state index is 11.2. The molecule has 0 fully saturated rings. The third-order valence-corrected chi connectivity index (χ3v) is 3.68. The molecule has 0 spiro atoms. The SMILES string of the molecule is O=C(O)c1c[nH]cc1-c1cc(Br)c2c(c1)OCCCO2. The van der Waals surface area contributed by atoms with E-state index < -0.39 is 5.97 Å². The van der Waals surface area contributed by atoms with E-state index in [0.717, 1.165) is 16.5 Å². The van der Waals surface area contributed by atoms with Crippen LogP contribution >= 0.6 is 15.9 Å². The minimum Gasteiger partial charge on any atom is -0.489 e. The van der Waals surface area contributed by atoms with Crippen LogP contribution in [0.4, 0.5) is 0 Å².